The smallest absolute Gasteiger partial charge is 0.170 e. The maximum atomic E-state index is 11.9. The third kappa shape index (κ3) is 8.44. The minimum atomic E-state index is -0.0578. The zero-order chi connectivity index (χ0) is 15.5. The first kappa shape index (κ1) is 17.6. The van der Waals surface area contributed by atoms with Crippen molar-refractivity contribution in [3.05, 3.63) is 35.9 Å². The molecule has 0 N–H and O–H groups in total. The molecular formula is C19H28O2. The summed E-state index contributed by atoms with van der Waals surface area (Å²) in [5.41, 5.74) is 0.638. The van der Waals surface area contributed by atoms with Gasteiger partial charge in [-0.05, 0) is 12.3 Å². The first-order valence-corrected chi connectivity index (χ1v) is 8.19. The first-order valence-electron chi connectivity index (χ1n) is 8.19. The van der Waals surface area contributed by atoms with Crippen LogP contribution in [0, 0.1) is 5.92 Å². The van der Waals surface area contributed by atoms with Gasteiger partial charge in [0.2, 0.25) is 0 Å². The van der Waals surface area contributed by atoms with Crippen LogP contribution in [0.2, 0.25) is 0 Å². The van der Waals surface area contributed by atoms with Crippen LogP contribution < -0.4 is 0 Å². The molecule has 0 aliphatic rings. The summed E-state index contributed by atoms with van der Waals surface area (Å²) in [6.07, 6.45) is 7.66. The molecule has 0 fully saturated rings. The monoisotopic (exact) mass is 288 g/mol. The summed E-state index contributed by atoms with van der Waals surface area (Å²) < 4.78 is 0. The van der Waals surface area contributed by atoms with E-state index in [0.717, 1.165) is 18.8 Å². The number of hydrogen-bond acceptors (Lipinski definition) is 2. The lowest BCUT2D eigenvalue weighted by Crippen LogP contribution is -2.07. The molecule has 0 radical (unpaired) electrons. The van der Waals surface area contributed by atoms with Crippen LogP contribution in [-0.2, 0) is 4.79 Å². The van der Waals surface area contributed by atoms with Gasteiger partial charge in [0, 0.05) is 12.0 Å². The Kier molecular flexibility index (Phi) is 8.65. The number of Topliss-reactive ketones (excluding diaryl/α,β-unsaturated/α-hetero) is 2. The van der Waals surface area contributed by atoms with Crippen LogP contribution in [0.5, 0.6) is 0 Å². The molecule has 0 aromatic heterocycles. The second-order valence-corrected chi connectivity index (χ2v) is 6.20. The predicted octanol–water partition coefficient (Wildman–Crippen LogP) is 5.22. The quantitative estimate of drug-likeness (QED) is 0.318. The van der Waals surface area contributed by atoms with Gasteiger partial charge in [-0.25, -0.2) is 0 Å². The van der Waals surface area contributed by atoms with Crippen molar-refractivity contribution in [3.8, 4) is 0 Å². The van der Waals surface area contributed by atoms with E-state index in [0.29, 0.717) is 12.0 Å². The lowest BCUT2D eigenvalue weighted by Gasteiger charge is -2.04. The lowest BCUT2D eigenvalue weighted by atomic mass is 10.0. The fourth-order valence-electron chi connectivity index (χ4n) is 2.40. The molecule has 2 nitrogen and oxygen atoms in total. The van der Waals surface area contributed by atoms with Gasteiger partial charge in [0.25, 0.3) is 0 Å². The molecule has 1 rings (SSSR count). The van der Waals surface area contributed by atoms with E-state index in [1.165, 1.54) is 25.7 Å². The highest BCUT2D eigenvalue weighted by Crippen LogP contribution is 2.12. The maximum Gasteiger partial charge on any atom is 0.170 e. The van der Waals surface area contributed by atoms with Gasteiger partial charge in [0.05, 0.1) is 6.42 Å². The number of rotatable bonds is 11. The number of ketones is 2. The van der Waals surface area contributed by atoms with Crippen molar-refractivity contribution in [2.24, 2.45) is 5.92 Å². The summed E-state index contributed by atoms with van der Waals surface area (Å²) in [5.74, 6) is 0.805. The zero-order valence-electron chi connectivity index (χ0n) is 13.4. The number of carbonyl (C=O) groups excluding carboxylic acids is 2. The van der Waals surface area contributed by atoms with Crippen LogP contribution in [0.3, 0.4) is 0 Å². The summed E-state index contributed by atoms with van der Waals surface area (Å²) in [7, 11) is 0. The number of unbranched alkanes of at least 4 members (excludes halogenated alkanes) is 4. The topological polar surface area (TPSA) is 34.1 Å². The minimum Gasteiger partial charge on any atom is -0.299 e. The van der Waals surface area contributed by atoms with E-state index in [1.807, 2.05) is 18.2 Å². The van der Waals surface area contributed by atoms with Crippen LogP contribution in [-0.4, -0.2) is 11.6 Å². The molecule has 1 aromatic carbocycles. The number of carbonyl (C=O) groups is 2. The summed E-state index contributed by atoms with van der Waals surface area (Å²) in [6, 6.07) is 9.07. The van der Waals surface area contributed by atoms with Crippen molar-refractivity contribution < 1.29 is 9.59 Å². The molecule has 0 aliphatic carbocycles. The predicted molar refractivity (Wildman–Crippen MR) is 87.6 cm³/mol. The van der Waals surface area contributed by atoms with Gasteiger partial charge < -0.3 is 0 Å². The Balaban J connectivity index is 2.08. The minimum absolute atomic E-state index is 0.0529. The Morgan fingerprint density at radius 2 is 1.52 bits per heavy atom. The molecule has 0 heterocycles. The molecule has 0 atom stereocenters. The van der Waals surface area contributed by atoms with Crippen LogP contribution in [0.25, 0.3) is 0 Å². The molecule has 116 valence electrons. The molecular weight excluding hydrogens is 260 g/mol. The van der Waals surface area contributed by atoms with Gasteiger partial charge >= 0.3 is 0 Å². The molecule has 0 bridgehead atoms. The summed E-state index contributed by atoms with van der Waals surface area (Å²) >= 11 is 0. The van der Waals surface area contributed by atoms with Gasteiger partial charge in [0.15, 0.2) is 5.78 Å². The Morgan fingerprint density at radius 3 is 2.19 bits per heavy atom. The fraction of sp³-hybridized carbons (Fsp3) is 0.579. The van der Waals surface area contributed by atoms with E-state index in [1.54, 1.807) is 12.1 Å². The molecule has 0 saturated heterocycles. The van der Waals surface area contributed by atoms with Crippen molar-refractivity contribution >= 4 is 11.6 Å². The van der Waals surface area contributed by atoms with Crippen LogP contribution in [0.1, 0.15) is 75.6 Å². The Morgan fingerprint density at radius 1 is 0.905 bits per heavy atom. The maximum absolute atomic E-state index is 11.9. The van der Waals surface area contributed by atoms with E-state index < -0.39 is 0 Å². The van der Waals surface area contributed by atoms with Crippen molar-refractivity contribution in [2.75, 3.05) is 0 Å². The molecule has 0 saturated carbocycles. The zero-order valence-corrected chi connectivity index (χ0v) is 13.4. The van der Waals surface area contributed by atoms with Crippen molar-refractivity contribution in [3.63, 3.8) is 0 Å². The van der Waals surface area contributed by atoms with Crippen molar-refractivity contribution in [1.29, 1.82) is 0 Å². The first-order chi connectivity index (χ1) is 10.1. The van der Waals surface area contributed by atoms with Crippen LogP contribution in [0.15, 0.2) is 30.3 Å². The molecule has 0 aliphatic heterocycles. The van der Waals surface area contributed by atoms with Gasteiger partial charge in [0.1, 0.15) is 5.78 Å². The van der Waals surface area contributed by atoms with E-state index in [4.69, 9.17) is 0 Å². The molecule has 1 aromatic rings. The molecule has 2 heteroatoms. The normalized spacial score (nSPS) is 10.8. The molecule has 0 unspecified atom stereocenters. The van der Waals surface area contributed by atoms with Crippen molar-refractivity contribution in [1.82, 2.24) is 0 Å². The molecule has 0 spiro atoms. The Hall–Kier alpha value is -1.44. The SMILES string of the molecule is CC(C)CCCCCCCC(=O)CC(=O)c1ccccc1. The highest BCUT2D eigenvalue weighted by molar-refractivity contribution is 6.07. The summed E-state index contributed by atoms with van der Waals surface area (Å²) in [6.45, 7) is 4.50. The van der Waals surface area contributed by atoms with Gasteiger partial charge in [-0.3, -0.25) is 9.59 Å². The largest absolute Gasteiger partial charge is 0.299 e. The third-order valence-electron chi connectivity index (χ3n) is 3.69. The Bertz CT molecular complexity index is 420. The third-order valence-corrected chi connectivity index (χ3v) is 3.69. The number of benzene rings is 1. The number of hydrogen-bond donors (Lipinski definition) is 0. The van der Waals surface area contributed by atoms with E-state index in [-0.39, 0.29) is 18.0 Å². The average Bonchev–Trinajstić information content (AvgIpc) is 2.46. The van der Waals surface area contributed by atoms with E-state index in [2.05, 4.69) is 13.8 Å². The fourth-order valence-corrected chi connectivity index (χ4v) is 2.40. The molecule has 21 heavy (non-hydrogen) atoms. The summed E-state index contributed by atoms with van der Waals surface area (Å²) in [4.78, 5) is 23.7. The van der Waals surface area contributed by atoms with Crippen molar-refractivity contribution in [2.45, 2.75) is 65.2 Å². The second-order valence-electron chi connectivity index (χ2n) is 6.20. The second kappa shape index (κ2) is 10.3. The van der Waals surface area contributed by atoms with Crippen LogP contribution in [0.4, 0.5) is 0 Å². The van der Waals surface area contributed by atoms with E-state index >= 15 is 0 Å². The van der Waals surface area contributed by atoms with Gasteiger partial charge in [-0.1, -0.05) is 76.3 Å². The van der Waals surface area contributed by atoms with E-state index in [9.17, 15) is 9.59 Å². The summed E-state index contributed by atoms with van der Waals surface area (Å²) in [5, 5.41) is 0. The Labute approximate surface area is 128 Å². The molecule has 0 amide bonds. The highest BCUT2D eigenvalue weighted by atomic mass is 16.1. The highest BCUT2D eigenvalue weighted by Gasteiger charge is 2.10. The lowest BCUT2D eigenvalue weighted by molar-refractivity contribution is -0.118. The van der Waals surface area contributed by atoms with Crippen LogP contribution >= 0.6 is 0 Å². The van der Waals surface area contributed by atoms with Gasteiger partial charge in [-0.2, -0.15) is 0 Å². The standard InChI is InChI=1S/C19H28O2/c1-16(2)11-7-4-3-5-10-14-18(20)15-19(21)17-12-8-6-9-13-17/h6,8-9,12-13,16H,3-5,7,10-11,14-15H2,1-2H3. The van der Waals surface area contributed by atoms with Gasteiger partial charge in [-0.15, -0.1) is 0 Å². The average molecular weight is 288 g/mol.